The third kappa shape index (κ3) is 3.24. The molecule has 1 aromatic rings. The maximum absolute atomic E-state index is 12.5. The van der Waals surface area contributed by atoms with E-state index in [0.29, 0.717) is 13.1 Å². The molecule has 120 valence electrons. The first-order chi connectivity index (χ1) is 10.3. The van der Waals surface area contributed by atoms with Crippen LogP contribution in [0, 0.1) is 0 Å². The zero-order valence-corrected chi connectivity index (χ0v) is 14.9. The summed E-state index contributed by atoms with van der Waals surface area (Å²) >= 11 is 3.49. The van der Waals surface area contributed by atoms with E-state index >= 15 is 0 Å². The second-order valence-electron chi connectivity index (χ2n) is 7.23. The molecule has 0 saturated heterocycles. The van der Waals surface area contributed by atoms with E-state index in [2.05, 4.69) is 15.9 Å². The number of rotatable bonds is 0. The van der Waals surface area contributed by atoms with Crippen LogP contribution in [0.1, 0.15) is 45.6 Å². The highest BCUT2D eigenvalue weighted by molar-refractivity contribution is 9.10. The van der Waals surface area contributed by atoms with Crippen molar-refractivity contribution < 1.29 is 14.3 Å². The average molecular weight is 368 g/mol. The fraction of sp³-hybridized carbons (Fsp3) is 0.588. The molecule has 1 aliphatic carbocycles. The lowest BCUT2D eigenvalue weighted by Gasteiger charge is -2.43. The molecular formula is C17H22BrNO3. The SMILES string of the molecule is CC(C)(C)OC(=O)N1Cc2cc(Br)ccc2OC2(CCC2)C1. The molecule has 1 heterocycles. The van der Waals surface area contributed by atoms with E-state index in [9.17, 15) is 4.79 Å². The normalized spacial score (nSPS) is 19.7. The average Bonchev–Trinajstić information content (AvgIpc) is 2.52. The highest BCUT2D eigenvalue weighted by Crippen LogP contribution is 2.42. The van der Waals surface area contributed by atoms with Gasteiger partial charge in [-0.05, 0) is 58.2 Å². The van der Waals surface area contributed by atoms with Gasteiger partial charge >= 0.3 is 6.09 Å². The largest absolute Gasteiger partial charge is 0.485 e. The number of ether oxygens (including phenoxy) is 2. The van der Waals surface area contributed by atoms with Crippen molar-refractivity contribution in [3.8, 4) is 5.75 Å². The van der Waals surface area contributed by atoms with Crippen molar-refractivity contribution in [1.29, 1.82) is 0 Å². The lowest BCUT2D eigenvalue weighted by Crippen LogP contribution is -2.52. The summed E-state index contributed by atoms with van der Waals surface area (Å²) in [5.41, 5.74) is 0.289. The van der Waals surface area contributed by atoms with E-state index < -0.39 is 5.60 Å². The molecule has 0 N–H and O–H groups in total. The zero-order valence-electron chi connectivity index (χ0n) is 13.3. The zero-order chi connectivity index (χ0) is 16.0. The molecule has 1 fully saturated rings. The van der Waals surface area contributed by atoms with Gasteiger partial charge in [-0.15, -0.1) is 0 Å². The fourth-order valence-electron chi connectivity index (χ4n) is 2.93. The molecule has 1 spiro atoms. The maximum atomic E-state index is 12.5. The first kappa shape index (κ1) is 15.7. The summed E-state index contributed by atoms with van der Waals surface area (Å²) in [5, 5.41) is 0. The van der Waals surface area contributed by atoms with Crippen LogP contribution in [0.15, 0.2) is 22.7 Å². The van der Waals surface area contributed by atoms with E-state index in [1.165, 1.54) is 0 Å². The van der Waals surface area contributed by atoms with Gasteiger partial charge in [-0.3, -0.25) is 4.90 Å². The van der Waals surface area contributed by atoms with Gasteiger partial charge in [0.05, 0.1) is 13.1 Å². The molecule has 0 aromatic heterocycles. The van der Waals surface area contributed by atoms with E-state index in [0.717, 1.165) is 35.0 Å². The van der Waals surface area contributed by atoms with Crippen LogP contribution in [0.4, 0.5) is 4.79 Å². The van der Waals surface area contributed by atoms with E-state index in [4.69, 9.17) is 9.47 Å². The van der Waals surface area contributed by atoms with E-state index in [1.807, 2.05) is 39.0 Å². The Morgan fingerprint density at radius 1 is 1.36 bits per heavy atom. The number of benzene rings is 1. The Kier molecular flexibility index (Phi) is 3.87. The number of hydrogen-bond donors (Lipinski definition) is 0. The van der Waals surface area contributed by atoms with Gasteiger partial charge in [-0.25, -0.2) is 4.79 Å². The van der Waals surface area contributed by atoms with E-state index in [1.54, 1.807) is 4.90 Å². The molecule has 5 heteroatoms. The highest BCUT2D eigenvalue weighted by atomic mass is 79.9. The van der Waals surface area contributed by atoms with Gasteiger partial charge in [-0.2, -0.15) is 0 Å². The molecule has 22 heavy (non-hydrogen) atoms. The van der Waals surface area contributed by atoms with Crippen LogP contribution >= 0.6 is 15.9 Å². The van der Waals surface area contributed by atoms with Gasteiger partial charge in [0.25, 0.3) is 0 Å². The first-order valence-electron chi connectivity index (χ1n) is 7.72. The van der Waals surface area contributed by atoms with Crippen molar-refractivity contribution in [2.24, 2.45) is 0 Å². The van der Waals surface area contributed by atoms with Crippen LogP contribution in [0.3, 0.4) is 0 Å². The Morgan fingerprint density at radius 3 is 2.68 bits per heavy atom. The van der Waals surface area contributed by atoms with Gasteiger partial charge < -0.3 is 9.47 Å². The summed E-state index contributed by atoms with van der Waals surface area (Å²) in [6.45, 7) is 6.79. The molecular weight excluding hydrogens is 346 g/mol. The summed E-state index contributed by atoms with van der Waals surface area (Å²) in [6.07, 6.45) is 2.85. The van der Waals surface area contributed by atoms with Crippen molar-refractivity contribution in [3.63, 3.8) is 0 Å². The minimum atomic E-state index is -0.489. The molecule has 2 aliphatic rings. The summed E-state index contributed by atoms with van der Waals surface area (Å²) in [4.78, 5) is 14.3. The molecule has 1 amide bonds. The quantitative estimate of drug-likeness (QED) is 0.677. The predicted octanol–water partition coefficient (Wildman–Crippen LogP) is 4.50. The molecule has 0 atom stereocenters. The molecule has 0 radical (unpaired) electrons. The van der Waals surface area contributed by atoms with Crippen LogP contribution in [0.25, 0.3) is 0 Å². The van der Waals surface area contributed by atoms with Crippen molar-refractivity contribution in [2.45, 2.75) is 57.8 Å². The lowest BCUT2D eigenvalue weighted by atomic mass is 9.79. The molecule has 1 aromatic carbocycles. The molecule has 0 unspecified atom stereocenters. The fourth-order valence-corrected chi connectivity index (χ4v) is 3.34. The van der Waals surface area contributed by atoms with Crippen LogP contribution in [-0.2, 0) is 11.3 Å². The topological polar surface area (TPSA) is 38.8 Å². The molecule has 4 nitrogen and oxygen atoms in total. The van der Waals surface area contributed by atoms with Gasteiger partial charge in [-0.1, -0.05) is 15.9 Å². The van der Waals surface area contributed by atoms with Crippen LogP contribution in [0.2, 0.25) is 0 Å². The minimum absolute atomic E-state index is 0.240. The van der Waals surface area contributed by atoms with Crippen LogP contribution in [0.5, 0.6) is 5.75 Å². The smallest absolute Gasteiger partial charge is 0.410 e. The Labute approximate surface area is 139 Å². The monoisotopic (exact) mass is 367 g/mol. The Hall–Kier alpha value is -1.23. The number of halogens is 1. The van der Waals surface area contributed by atoms with Gasteiger partial charge in [0.1, 0.15) is 17.0 Å². The Balaban J connectivity index is 1.89. The third-order valence-corrected chi connectivity index (χ3v) is 4.60. The lowest BCUT2D eigenvalue weighted by molar-refractivity contribution is -0.0379. The second-order valence-corrected chi connectivity index (χ2v) is 8.14. The molecule has 1 saturated carbocycles. The predicted molar refractivity (Wildman–Crippen MR) is 88.0 cm³/mol. The summed E-state index contributed by atoms with van der Waals surface area (Å²) < 4.78 is 12.8. The number of carbonyl (C=O) groups excluding carboxylic acids is 1. The minimum Gasteiger partial charge on any atom is -0.485 e. The molecule has 1 aliphatic heterocycles. The molecule has 0 bridgehead atoms. The number of nitrogens with zero attached hydrogens (tertiary/aromatic N) is 1. The summed E-state index contributed by atoms with van der Waals surface area (Å²) in [6, 6.07) is 5.98. The number of amides is 1. The van der Waals surface area contributed by atoms with Crippen molar-refractivity contribution in [2.75, 3.05) is 6.54 Å². The van der Waals surface area contributed by atoms with Crippen LogP contribution < -0.4 is 4.74 Å². The first-order valence-corrected chi connectivity index (χ1v) is 8.51. The van der Waals surface area contributed by atoms with Crippen molar-refractivity contribution in [1.82, 2.24) is 4.90 Å². The molecule has 3 rings (SSSR count). The summed E-state index contributed by atoms with van der Waals surface area (Å²) in [7, 11) is 0. The summed E-state index contributed by atoms with van der Waals surface area (Å²) in [5.74, 6) is 0.883. The van der Waals surface area contributed by atoms with Gasteiger partial charge in [0.2, 0.25) is 0 Å². The Bertz CT molecular complexity index is 590. The Morgan fingerprint density at radius 2 is 2.09 bits per heavy atom. The van der Waals surface area contributed by atoms with Crippen LogP contribution in [-0.4, -0.2) is 28.7 Å². The second kappa shape index (κ2) is 5.44. The number of carbonyl (C=O) groups is 1. The maximum Gasteiger partial charge on any atom is 0.410 e. The van der Waals surface area contributed by atoms with Gasteiger partial charge in [0.15, 0.2) is 0 Å². The van der Waals surface area contributed by atoms with Gasteiger partial charge in [0, 0.05) is 10.0 Å². The van der Waals surface area contributed by atoms with Crippen molar-refractivity contribution >= 4 is 22.0 Å². The number of fused-ring (bicyclic) bond motifs is 1. The van der Waals surface area contributed by atoms with E-state index in [-0.39, 0.29) is 11.7 Å². The highest BCUT2D eigenvalue weighted by Gasteiger charge is 2.44. The number of hydrogen-bond acceptors (Lipinski definition) is 3. The van der Waals surface area contributed by atoms with Crippen molar-refractivity contribution in [3.05, 3.63) is 28.2 Å². The standard InChI is InChI=1S/C17H22BrNO3/c1-16(2,3)22-15(20)19-10-12-9-13(18)5-6-14(12)21-17(11-19)7-4-8-17/h5-6,9H,4,7-8,10-11H2,1-3H3. The third-order valence-electron chi connectivity index (χ3n) is 4.11.